The SMILES string of the molecule is CCCCCCCCCCCCS/C(=C(\c1ccccc1)[N+](=O)[O-])c1ccccc1. The second-order valence-electron chi connectivity index (χ2n) is 7.70. The van der Waals surface area contributed by atoms with Crippen molar-refractivity contribution in [3.05, 3.63) is 81.9 Å². The van der Waals surface area contributed by atoms with Crippen LogP contribution in [-0.4, -0.2) is 10.7 Å². The Morgan fingerprint density at radius 2 is 1.20 bits per heavy atom. The summed E-state index contributed by atoms with van der Waals surface area (Å²) in [6, 6.07) is 19.0. The maximum absolute atomic E-state index is 12.0. The number of unbranched alkanes of at least 4 members (excludes halogenated alkanes) is 9. The van der Waals surface area contributed by atoms with Crippen molar-refractivity contribution in [3.8, 4) is 0 Å². The number of hydrogen-bond acceptors (Lipinski definition) is 3. The van der Waals surface area contributed by atoms with Gasteiger partial charge in [-0.15, -0.1) is 11.8 Å². The van der Waals surface area contributed by atoms with Crippen LogP contribution in [0.15, 0.2) is 60.7 Å². The molecule has 0 atom stereocenters. The lowest BCUT2D eigenvalue weighted by Crippen LogP contribution is -2.01. The second kappa shape index (κ2) is 14.8. The molecular weight excluding hydrogens is 390 g/mol. The minimum atomic E-state index is -0.233. The number of thioether (sulfide) groups is 1. The molecule has 2 aromatic rings. The summed E-state index contributed by atoms with van der Waals surface area (Å²) in [6.07, 6.45) is 13.0. The minimum absolute atomic E-state index is 0.207. The van der Waals surface area contributed by atoms with E-state index in [1.165, 1.54) is 57.8 Å². The highest BCUT2D eigenvalue weighted by Gasteiger charge is 2.22. The zero-order valence-corrected chi connectivity index (χ0v) is 19.0. The number of nitro groups is 1. The Hall–Kier alpha value is -2.07. The molecule has 0 aliphatic rings. The predicted octanol–water partition coefficient (Wildman–Crippen LogP) is 8.44. The highest BCUT2D eigenvalue weighted by molar-refractivity contribution is 8.08. The minimum Gasteiger partial charge on any atom is -0.258 e. The van der Waals surface area contributed by atoms with Gasteiger partial charge in [-0.3, -0.25) is 10.1 Å². The topological polar surface area (TPSA) is 43.1 Å². The van der Waals surface area contributed by atoms with Gasteiger partial charge in [-0.2, -0.15) is 0 Å². The largest absolute Gasteiger partial charge is 0.290 e. The fourth-order valence-corrected chi connectivity index (χ4v) is 4.74. The van der Waals surface area contributed by atoms with Crippen molar-refractivity contribution in [3.63, 3.8) is 0 Å². The molecule has 0 aromatic heterocycles. The van der Waals surface area contributed by atoms with Gasteiger partial charge in [0.2, 0.25) is 0 Å². The first-order chi connectivity index (χ1) is 14.7. The molecule has 0 saturated heterocycles. The lowest BCUT2D eigenvalue weighted by molar-refractivity contribution is -0.374. The van der Waals surface area contributed by atoms with E-state index in [1.54, 1.807) is 11.8 Å². The van der Waals surface area contributed by atoms with Gasteiger partial charge >= 0.3 is 0 Å². The number of hydrogen-bond donors (Lipinski definition) is 0. The molecule has 30 heavy (non-hydrogen) atoms. The highest BCUT2D eigenvalue weighted by atomic mass is 32.2. The zero-order chi connectivity index (χ0) is 21.4. The zero-order valence-electron chi connectivity index (χ0n) is 18.2. The van der Waals surface area contributed by atoms with Crippen LogP contribution in [0.4, 0.5) is 0 Å². The van der Waals surface area contributed by atoms with Crippen molar-refractivity contribution in [1.82, 2.24) is 0 Å². The number of benzene rings is 2. The summed E-state index contributed by atoms with van der Waals surface area (Å²) in [5.41, 5.74) is 1.79. The summed E-state index contributed by atoms with van der Waals surface area (Å²) in [6.45, 7) is 2.25. The monoisotopic (exact) mass is 425 g/mol. The smallest absolute Gasteiger partial charge is 0.258 e. The molecule has 0 bridgehead atoms. The number of nitrogens with zero attached hydrogens (tertiary/aromatic N) is 1. The van der Waals surface area contributed by atoms with Gasteiger partial charge in [-0.25, -0.2) is 0 Å². The first-order valence-corrected chi connectivity index (χ1v) is 12.3. The van der Waals surface area contributed by atoms with Gasteiger partial charge in [-0.1, -0.05) is 113 Å². The molecule has 4 heteroatoms. The van der Waals surface area contributed by atoms with E-state index in [0.29, 0.717) is 5.56 Å². The fourth-order valence-electron chi connectivity index (χ4n) is 3.56. The first kappa shape index (κ1) is 24.2. The third-order valence-electron chi connectivity index (χ3n) is 5.23. The Morgan fingerprint density at radius 1 is 0.733 bits per heavy atom. The second-order valence-corrected chi connectivity index (χ2v) is 8.80. The van der Waals surface area contributed by atoms with E-state index in [1.807, 2.05) is 60.7 Å². The molecule has 2 rings (SSSR count). The summed E-state index contributed by atoms with van der Waals surface area (Å²) in [4.78, 5) is 12.5. The van der Waals surface area contributed by atoms with Crippen LogP contribution in [-0.2, 0) is 0 Å². The molecule has 3 nitrogen and oxygen atoms in total. The van der Waals surface area contributed by atoms with Gasteiger partial charge in [0.1, 0.15) is 0 Å². The summed E-state index contributed by atoms with van der Waals surface area (Å²) in [5.74, 6) is 0.908. The maximum atomic E-state index is 12.0. The maximum Gasteiger partial charge on any atom is 0.290 e. The Morgan fingerprint density at radius 3 is 1.70 bits per heavy atom. The Labute approximate surface area is 186 Å². The molecule has 0 N–H and O–H groups in total. The van der Waals surface area contributed by atoms with E-state index in [-0.39, 0.29) is 10.6 Å². The summed E-state index contributed by atoms with van der Waals surface area (Å²) < 4.78 is 0. The van der Waals surface area contributed by atoms with E-state index in [0.717, 1.165) is 22.6 Å². The Bertz CT molecular complexity index is 759. The molecule has 0 spiro atoms. The van der Waals surface area contributed by atoms with Crippen LogP contribution >= 0.6 is 11.8 Å². The lowest BCUT2D eigenvalue weighted by atomic mass is 10.1. The molecule has 2 aromatic carbocycles. The molecule has 0 radical (unpaired) electrons. The van der Waals surface area contributed by atoms with Gasteiger partial charge in [0.25, 0.3) is 5.70 Å². The molecule has 0 aliphatic carbocycles. The highest BCUT2D eigenvalue weighted by Crippen LogP contribution is 2.36. The summed E-state index contributed by atoms with van der Waals surface area (Å²) in [7, 11) is 0. The van der Waals surface area contributed by atoms with E-state index in [4.69, 9.17) is 0 Å². The van der Waals surface area contributed by atoms with Gasteiger partial charge in [0, 0.05) is 0 Å². The average molecular weight is 426 g/mol. The molecule has 0 amide bonds. The normalized spacial score (nSPS) is 11.9. The van der Waals surface area contributed by atoms with Crippen LogP contribution in [0.3, 0.4) is 0 Å². The van der Waals surface area contributed by atoms with Crippen molar-refractivity contribution in [2.45, 2.75) is 71.1 Å². The van der Waals surface area contributed by atoms with Crippen LogP contribution in [0.1, 0.15) is 82.3 Å². The van der Waals surface area contributed by atoms with Crippen molar-refractivity contribution in [1.29, 1.82) is 0 Å². The van der Waals surface area contributed by atoms with E-state index >= 15 is 0 Å². The van der Waals surface area contributed by atoms with Gasteiger partial charge in [0.15, 0.2) is 0 Å². The van der Waals surface area contributed by atoms with Crippen LogP contribution in [0.25, 0.3) is 10.6 Å². The number of rotatable bonds is 15. The molecule has 162 valence electrons. The van der Waals surface area contributed by atoms with Crippen molar-refractivity contribution < 1.29 is 4.92 Å². The van der Waals surface area contributed by atoms with Gasteiger partial charge in [-0.05, 0) is 29.9 Å². The van der Waals surface area contributed by atoms with Crippen LogP contribution in [0.2, 0.25) is 0 Å². The van der Waals surface area contributed by atoms with Crippen LogP contribution in [0, 0.1) is 10.1 Å². The average Bonchev–Trinajstić information content (AvgIpc) is 2.77. The molecule has 0 heterocycles. The molecule has 0 saturated carbocycles. The first-order valence-electron chi connectivity index (χ1n) is 11.4. The third kappa shape index (κ3) is 8.74. The molecule has 0 unspecified atom stereocenters. The summed E-state index contributed by atoms with van der Waals surface area (Å²) in [5, 5.41) is 12.0. The van der Waals surface area contributed by atoms with Gasteiger partial charge < -0.3 is 0 Å². The third-order valence-corrected chi connectivity index (χ3v) is 6.44. The van der Waals surface area contributed by atoms with Crippen molar-refractivity contribution in [2.24, 2.45) is 0 Å². The van der Waals surface area contributed by atoms with E-state index in [2.05, 4.69) is 6.92 Å². The van der Waals surface area contributed by atoms with E-state index < -0.39 is 0 Å². The predicted molar refractivity (Wildman–Crippen MR) is 131 cm³/mol. The molecular formula is C26H35NO2S. The van der Waals surface area contributed by atoms with Crippen molar-refractivity contribution >= 4 is 22.4 Å². The molecule has 0 fully saturated rings. The quantitative estimate of drug-likeness (QED) is 0.124. The summed E-state index contributed by atoms with van der Waals surface area (Å²) >= 11 is 1.62. The standard InChI is InChI=1S/C26H35NO2S/c1-2-3-4-5-6-7-8-9-10-17-22-30-26(24-20-15-12-16-21-24)25(27(28)29)23-18-13-11-14-19-23/h11-16,18-21H,2-10,17,22H2,1H3/b26-25+. The molecule has 0 aliphatic heterocycles. The Balaban J connectivity index is 1.91. The lowest BCUT2D eigenvalue weighted by Gasteiger charge is -2.10. The van der Waals surface area contributed by atoms with Crippen molar-refractivity contribution in [2.75, 3.05) is 5.75 Å². The van der Waals surface area contributed by atoms with Crippen LogP contribution in [0.5, 0.6) is 0 Å². The fraction of sp³-hybridized carbons (Fsp3) is 0.462. The van der Waals surface area contributed by atoms with Crippen LogP contribution < -0.4 is 0 Å². The van der Waals surface area contributed by atoms with E-state index in [9.17, 15) is 10.1 Å². The Kier molecular flexibility index (Phi) is 12.0. The van der Waals surface area contributed by atoms with Gasteiger partial charge in [0.05, 0.1) is 15.4 Å².